The van der Waals surface area contributed by atoms with Crippen LogP contribution in [0.3, 0.4) is 0 Å². The van der Waals surface area contributed by atoms with Crippen LogP contribution < -0.4 is 10.2 Å². The van der Waals surface area contributed by atoms with Gasteiger partial charge in [-0.15, -0.1) is 11.3 Å². The van der Waals surface area contributed by atoms with Crippen LogP contribution in [-0.2, 0) is 6.61 Å². The molecule has 0 unspecified atom stereocenters. The largest absolute Gasteiger partial charge is 0.488 e. The first kappa shape index (κ1) is 19.2. The maximum Gasteiger partial charge on any atom is 0.283 e. The maximum absolute atomic E-state index is 12.5. The van der Waals surface area contributed by atoms with E-state index in [1.54, 1.807) is 6.21 Å². The number of nitrogens with zero attached hydrogens (tertiary/aromatic N) is 1. The number of benzene rings is 3. The minimum Gasteiger partial charge on any atom is -0.488 e. The fourth-order valence-corrected chi connectivity index (χ4v) is 4.23. The number of thiophene rings is 1. The molecule has 4 nitrogen and oxygen atoms in total. The van der Waals surface area contributed by atoms with Crippen LogP contribution in [0.5, 0.6) is 5.75 Å². The number of carbonyl (C=O) groups is 1. The Hall–Kier alpha value is -3.15. The summed E-state index contributed by atoms with van der Waals surface area (Å²) < 4.78 is 6.87. The van der Waals surface area contributed by atoms with Crippen molar-refractivity contribution in [3.8, 4) is 5.75 Å². The van der Waals surface area contributed by atoms with Gasteiger partial charge in [-0.05, 0) is 23.8 Å². The van der Waals surface area contributed by atoms with Crippen LogP contribution >= 0.6 is 22.9 Å². The SMILES string of the molecule is O=C(N/N=C/c1ccccc1OCc1ccccc1)c1sc2ccccc2c1Cl. The van der Waals surface area contributed by atoms with E-state index in [-0.39, 0.29) is 5.91 Å². The average Bonchev–Trinajstić information content (AvgIpc) is 3.10. The van der Waals surface area contributed by atoms with Gasteiger partial charge >= 0.3 is 0 Å². The van der Waals surface area contributed by atoms with Gasteiger partial charge in [-0.25, -0.2) is 5.43 Å². The summed E-state index contributed by atoms with van der Waals surface area (Å²) in [6.45, 7) is 0.454. The molecule has 0 aliphatic carbocycles. The summed E-state index contributed by atoms with van der Waals surface area (Å²) in [6.07, 6.45) is 1.57. The van der Waals surface area contributed by atoms with E-state index < -0.39 is 0 Å². The molecule has 29 heavy (non-hydrogen) atoms. The lowest BCUT2D eigenvalue weighted by Crippen LogP contribution is -2.16. The fourth-order valence-electron chi connectivity index (χ4n) is 2.83. The number of hydrazone groups is 1. The third-order valence-electron chi connectivity index (χ3n) is 4.27. The third kappa shape index (κ3) is 4.47. The highest BCUT2D eigenvalue weighted by atomic mass is 35.5. The van der Waals surface area contributed by atoms with E-state index in [0.29, 0.717) is 22.3 Å². The van der Waals surface area contributed by atoms with E-state index >= 15 is 0 Å². The van der Waals surface area contributed by atoms with Crippen molar-refractivity contribution in [2.45, 2.75) is 6.61 Å². The van der Waals surface area contributed by atoms with Crippen LogP contribution in [-0.4, -0.2) is 12.1 Å². The molecule has 6 heteroatoms. The molecule has 0 bridgehead atoms. The molecule has 0 aliphatic rings. The van der Waals surface area contributed by atoms with Crippen LogP contribution in [0, 0.1) is 0 Å². The van der Waals surface area contributed by atoms with E-state index in [1.165, 1.54) is 11.3 Å². The Kier molecular flexibility index (Phi) is 5.89. The van der Waals surface area contributed by atoms with Gasteiger partial charge in [-0.3, -0.25) is 4.79 Å². The van der Waals surface area contributed by atoms with Crippen molar-refractivity contribution >= 4 is 45.1 Å². The number of fused-ring (bicyclic) bond motifs is 1. The standard InChI is InChI=1S/C23H17ClN2O2S/c24-21-18-11-5-7-13-20(18)29-22(21)23(27)26-25-14-17-10-4-6-12-19(17)28-15-16-8-2-1-3-9-16/h1-14H,15H2,(H,26,27)/b25-14+. The van der Waals surface area contributed by atoms with E-state index in [2.05, 4.69) is 10.5 Å². The molecule has 1 heterocycles. The molecular weight excluding hydrogens is 404 g/mol. The molecule has 3 aromatic carbocycles. The van der Waals surface area contributed by atoms with Gasteiger partial charge in [0, 0.05) is 15.6 Å². The van der Waals surface area contributed by atoms with E-state index in [9.17, 15) is 4.79 Å². The highest BCUT2D eigenvalue weighted by molar-refractivity contribution is 7.21. The number of carbonyl (C=O) groups excluding carboxylic acids is 1. The summed E-state index contributed by atoms with van der Waals surface area (Å²) in [5, 5.41) is 5.41. The zero-order valence-electron chi connectivity index (χ0n) is 15.3. The maximum atomic E-state index is 12.5. The summed E-state index contributed by atoms with van der Waals surface area (Å²) >= 11 is 7.69. The van der Waals surface area contributed by atoms with Crippen molar-refractivity contribution < 1.29 is 9.53 Å². The van der Waals surface area contributed by atoms with E-state index in [1.807, 2.05) is 78.9 Å². The van der Waals surface area contributed by atoms with Gasteiger partial charge in [0.2, 0.25) is 0 Å². The van der Waals surface area contributed by atoms with Gasteiger partial charge in [0.05, 0.1) is 11.2 Å². The van der Waals surface area contributed by atoms with Crippen LogP contribution in [0.15, 0.2) is 84.0 Å². The number of amides is 1. The molecule has 1 aromatic heterocycles. The van der Waals surface area contributed by atoms with Crippen molar-refractivity contribution in [2.24, 2.45) is 5.10 Å². The van der Waals surface area contributed by atoms with Crippen LogP contribution in [0.4, 0.5) is 0 Å². The van der Waals surface area contributed by atoms with Gasteiger partial charge in [-0.1, -0.05) is 72.3 Å². The van der Waals surface area contributed by atoms with Gasteiger partial charge in [0.1, 0.15) is 17.2 Å². The molecule has 1 amide bonds. The summed E-state index contributed by atoms with van der Waals surface area (Å²) in [6, 6.07) is 25.1. The lowest BCUT2D eigenvalue weighted by molar-refractivity contribution is 0.0959. The van der Waals surface area contributed by atoms with Crippen LogP contribution in [0.25, 0.3) is 10.1 Å². The number of ether oxygens (including phenoxy) is 1. The Morgan fingerprint density at radius 2 is 1.72 bits per heavy atom. The summed E-state index contributed by atoms with van der Waals surface area (Å²) in [7, 11) is 0. The quantitative estimate of drug-likeness (QED) is 0.312. The fraction of sp³-hybridized carbons (Fsp3) is 0.0435. The molecule has 0 spiro atoms. The van der Waals surface area contributed by atoms with Crippen molar-refractivity contribution in [1.29, 1.82) is 0 Å². The number of nitrogens with one attached hydrogen (secondary N) is 1. The zero-order valence-corrected chi connectivity index (χ0v) is 16.9. The molecule has 0 fully saturated rings. The summed E-state index contributed by atoms with van der Waals surface area (Å²) in [5.74, 6) is 0.351. The molecule has 0 radical (unpaired) electrons. The summed E-state index contributed by atoms with van der Waals surface area (Å²) in [5.41, 5.74) is 4.40. The predicted molar refractivity (Wildman–Crippen MR) is 119 cm³/mol. The Labute approximate surface area is 177 Å². The highest BCUT2D eigenvalue weighted by Gasteiger charge is 2.16. The zero-order chi connectivity index (χ0) is 20.1. The second kappa shape index (κ2) is 8.90. The second-order valence-electron chi connectivity index (χ2n) is 6.25. The number of para-hydroxylation sites is 1. The van der Waals surface area contributed by atoms with E-state index in [4.69, 9.17) is 16.3 Å². The van der Waals surface area contributed by atoms with Crippen LogP contribution in [0.2, 0.25) is 5.02 Å². The van der Waals surface area contributed by atoms with Crippen molar-refractivity contribution in [3.05, 3.63) is 99.9 Å². The van der Waals surface area contributed by atoms with Crippen molar-refractivity contribution in [3.63, 3.8) is 0 Å². The van der Waals surface area contributed by atoms with Gasteiger partial charge < -0.3 is 4.74 Å². The monoisotopic (exact) mass is 420 g/mol. The Morgan fingerprint density at radius 3 is 2.55 bits per heavy atom. The summed E-state index contributed by atoms with van der Waals surface area (Å²) in [4.78, 5) is 12.9. The Balaban J connectivity index is 1.45. The molecule has 0 saturated heterocycles. The molecule has 0 atom stereocenters. The normalized spacial score (nSPS) is 11.1. The molecule has 4 rings (SSSR count). The Morgan fingerprint density at radius 1 is 1.00 bits per heavy atom. The highest BCUT2D eigenvalue weighted by Crippen LogP contribution is 2.34. The number of hydrogen-bond donors (Lipinski definition) is 1. The number of rotatable bonds is 6. The lowest BCUT2D eigenvalue weighted by Gasteiger charge is -2.08. The number of hydrogen-bond acceptors (Lipinski definition) is 4. The lowest BCUT2D eigenvalue weighted by atomic mass is 10.2. The Bertz CT molecular complexity index is 1170. The molecule has 1 N–H and O–H groups in total. The number of halogens is 1. The van der Waals surface area contributed by atoms with Gasteiger partial charge in [-0.2, -0.15) is 5.10 Å². The first-order valence-corrected chi connectivity index (χ1v) is 10.2. The average molecular weight is 421 g/mol. The minimum absolute atomic E-state index is 0.338. The molecule has 0 aliphatic heterocycles. The molecule has 4 aromatic rings. The smallest absolute Gasteiger partial charge is 0.283 e. The second-order valence-corrected chi connectivity index (χ2v) is 7.68. The molecular formula is C23H17ClN2O2S. The van der Waals surface area contributed by atoms with Gasteiger partial charge in [0.25, 0.3) is 5.91 Å². The van der Waals surface area contributed by atoms with Crippen molar-refractivity contribution in [2.75, 3.05) is 0 Å². The first-order chi connectivity index (χ1) is 14.2. The first-order valence-electron chi connectivity index (χ1n) is 8.98. The topological polar surface area (TPSA) is 50.7 Å². The van der Waals surface area contributed by atoms with E-state index in [0.717, 1.165) is 21.2 Å². The van der Waals surface area contributed by atoms with Gasteiger partial charge in [0.15, 0.2) is 0 Å². The molecule has 0 saturated carbocycles. The molecule has 144 valence electrons. The van der Waals surface area contributed by atoms with Crippen LogP contribution in [0.1, 0.15) is 20.8 Å². The predicted octanol–water partition coefficient (Wildman–Crippen LogP) is 5.90. The third-order valence-corrected chi connectivity index (χ3v) is 5.94. The van der Waals surface area contributed by atoms with Crippen molar-refractivity contribution in [1.82, 2.24) is 5.43 Å². The minimum atomic E-state index is -0.338.